The van der Waals surface area contributed by atoms with Crippen molar-refractivity contribution >= 4 is 9.84 Å². The summed E-state index contributed by atoms with van der Waals surface area (Å²) in [4.78, 5) is 0.0276. The van der Waals surface area contributed by atoms with Crippen LogP contribution in [0, 0.1) is 0 Å². The third kappa shape index (κ3) is 2.52. The van der Waals surface area contributed by atoms with Crippen LogP contribution in [0.2, 0.25) is 0 Å². The van der Waals surface area contributed by atoms with Crippen molar-refractivity contribution in [1.82, 2.24) is 5.32 Å². The second-order valence-corrected chi connectivity index (χ2v) is 4.82. The van der Waals surface area contributed by atoms with Gasteiger partial charge in [0, 0.05) is 6.54 Å². The molecule has 1 N–H and O–H groups in total. The molecular weight excluding hydrogens is 205 g/mol. The van der Waals surface area contributed by atoms with Gasteiger partial charge in [-0.1, -0.05) is 12.1 Å². The van der Waals surface area contributed by atoms with E-state index in [1.807, 2.05) is 0 Å². The predicted octanol–water partition coefficient (Wildman–Crippen LogP) is 1.11. The topological polar surface area (TPSA) is 46.2 Å². The van der Waals surface area contributed by atoms with E-state index in [1.165, 1.54) is 12.1 Å². The van der Waals surface area contributed by atoms with E-state index >= 15 is 0 Å². The summed E-state index contributed by atoms with van der Waals surface area (Å²) in [6.07, 6.45) is 0. The first-order valence-corrected chi connectivity index (χ1v) is 5.77. The van der Waals surface area contributed by atoms with E-state index in [2.05, 4.69) is 5.32 Å². The monoisotopic (exact) mass is 217 g/mol. The molecule has 0 aliphatic heterocycles. The Morgan fingerprint density at radius 2 is 1.86 bits per heavy atom. The zero-order valence-electron chi connectivity index (χ0n) is 7.83. The maximum atomic E-state index is 12.1. The number of hydrogen-bond acceptors (Lipinski definition) is 3. The molecule has 0 heterocycles. The average molecular weight is 217 g/mol. The third-order valence-corrected chi connectivity index (χ3v) is 3.08. The second-order valence-electron chi connectivity index (χ2n) is 2.90. The highest BCUT2D eigenvalue weighted by atomic mass is 32.2. The van der Waals surface area contributed by atoms with E-state index in [1.54, 1.807) is 19.2 Å². The van der Waals surface area contributed by atoms with Crippen molar-refractivity contribution in [2.75, 3.05) is 13.1 Å². The van der Waals surface area contributed by atoms with Crippen molar-refractivity contribution in [2.45, 2.75) is 11.4 Å². The van der Waals surface area contributed by atoms with Gasteiger partial charge in [0.25, 0.3) is 0 Å². The molecule has 5 heteroatoms. The molecule has 0 saturated carbocycles. The van der Waals surface area contributed by atoms with Gasteiger partial charge < -0.3 is 5.32 Å². The summed E-state index contributed by atoms with van der Waals surface area (Å²) in [7, 11) is -1.92. The molecule has 78 valence electrons. The lowest BCUT2D eigenvalue weighted by molar-refractivity contribution is 0.534. The van der Waals surface area contributed by atoms with Crippen LogP contribution in [-0.4, -0.2) is 21.5 Å². The number of alkyl halides is 1. The first-order chi connectivity index (χ1) is 6.60. The SMILES string of the molecule is CNCc1ccc(S(=O)(=O)CF)cc1. The molecule has 0 saturated heterocycles. The van der Waals surface area contributed by atoms with Crippen molar-refractivity contribution in [3.05, 3.63) is 29.8 Å². The predicted molar refractivity (Wildman–Crippen MR) is 52.4 cm³/mol. The second kappa shape index (κ2) is 4.52. The minimum atomic E-state index is -3.72. The maximum absolute atomic E-state index is 12.1. The van der Waals surface area contributed by atoms with Crippen molar-refractivity contribution in [3.8, 4) is 0 Å². The number of halogens is 1. The van der Waals surface area contributed by atoms with E-state index in [-0.39, 0.29) is 4.90 Å². The van der Waals surface area contributed by atoms with Gasteiger partial charge in [0.15, 0.2) is 6.01 Å². The van der Waals surface area contributed by atoms with E-state index in [4.69, 9.17) is 0 Å². The molecule has 3 nitrogen and oxygen atoms in total. The normalized spacial score (nSPS) is 11.6. The molecule has 0 spiro atoms. The van der Waals surface area contributed by atoms with Crippen molar-refractivity contribution < 1.29 is 12.8 Å². The molecule has 0 bridgehead atoms. The maximum Gasteiger partial charge on any atom is 0.207 e. The highest BCUT2D eigenvalue weighted by Gasteiger charge is 2.12. The molecule has 0 aromatic heterocycles. The Hall–Kier alpha value is -0.940. The summed E-state index contributed by atoms with van der Waals surface area (Å²) in [5.74, 6) is 0. The van der Waals surface area contributed by atoms with Crippen LogP contribution in [0.15, 0.2) is 29.2 Å². The Balaban J connectivity index is 2.94. The van der Waals surface area contributed by atoms with Crippen LogP contribution in [-0.2, 0) is 16.4 Å². The van der Waals surface area contributed by atoms with E-state index in [0.717, 1.165) is 5.56 Å². The van der Waals surface area contributed by atoms with Gasteiger partial charge in [-0.05, 0) is 24.7 Å². The molecular formula is C9H12FNO2S. The van der Waals surface area contributed by atoms with Gasteiger partial charge in [-0.2, -0.15) is 0 Å². The molecule has 1 aromatic carbocycles. The molecule has 1 aromatic rings. The first-order valence-electron chi connectivity index (χ1n) is 4.12. The van der Waals surface area contributed by atoms with E-state index in [9.17, 15) is 12.8 Å². The Bertz CT molecular complexity index is 386. The summed E-state index contributed by atoms with van der Waals surface area (Å²) in [5, 5.41) is 2.93. The molecule has 1 rings (SSSR count). The van der Waals surface area contributed by atoms with Crippen LogP contribution in [0.4, 0.5) is 4.39 Å². The minimum Gasteiger partial charge on any atom is -0.316 e. The molecule has 0 radical (unpaired) electrons. The standard InChI is InChI=1S/C9H12FNO2S/c1-11-6-8-2-4-9(5-3-8)14(12,13)7-10/h2-5,11H,6-7H2,1H3. The quantitative estimate of drug-likeness (QED) is 0.821. The zero-order chi connectivity index (χ0) is 10.6. The Morgan fingerprint density at radius 3 is 2.29 bits per heavy atom. The zero-order valence-corrected chi connectivity index (χ0v) is 8.64. The molecule has 0 aliphatic rings. The molecule has 0 amide bonds. The minimum absolute atomic E-state index is 0.0276. The first kappa shape index (κ1) is 11.1. The Morgan fingerprint density at radius 1 is 1.29 bits per heavy atom. The van der Waals surface area contributed by atoms with Gasteiger partial charge in [0.2, 0.25) is 9.84 Å². The highest BCUT2D eigenvalue weighted by Crippen LogP contribution is 2.12. The molecule has 0 atom stereocenters. The fourth-order valence-electron chi connectivity index (χ4n) is 1.08. The molecule has 0 unspecified atom stereocenters. The van der Waals surface area contributed by atoms with Crippen LogP contribution in [0.1, 0.15) is 5.56 Å². The van der Waals surface area contributed by atoms with E-state index in [0.29, 0.717) is 6.54 Å². The van der Waals surface area contributed by atoms with Gasteiger partial charge >= 0.3 is 0 Å². The third-order valence-electron chi connectivity index (χ3n) is 1.81. The molecule has 14 heavy (non-hydrogen) atoms. The number of rotatable bonds is 4. The number of nitrogens with one attached hydrogen (secondary N) is 1. The Labute approximate surface area is 82.9 Å². The van der Waals surface area contributed by atoms with E-state index < -0.39 is 15.8 Å². The summed E-state index contributed by atoms with van der Waals surface area (Å²) in [5.41, 5.74) is 0.963. The van der Waals surface area contributed by atoms with Gasteiger partial charge in [0.1, 0.15) is 0 Å². The summed E-state index contributed by atoms with van der Waals surface area (Å²) >= 11 is 0. The lowest BCUT2D eigenvalue weighted by Gasteiger charge is -2.02. The van der Waals surface area contributed by atoms with Crippen LogP contribution in [0.3, 0.4) is 0 Å². The largest absolute Gasteiger partial charge is 0.316 e. The number of benzene rings is 1. The molecule has 0 fully saturated rings. The van der Waals surface area contributed by atoms with Gasteiger partial charge in [-0.25, -0.2) is 12.8 Å². The fourth-order valence-corrected chi connectivity index (χ4v) is 1.76. The molecule has 0 aliphatic carbocycles. The van der Waals surface area contributed by atoms with Crippen molar-refractivity contribution in [1.29, 1.82) is 0 Å². The average Bonchev–Trinajstić information content (AvgIpc) is 2.19. The van der Waals surface area contributed by atoms with Gasteiger partial charge in [-0.3, -0.25) is 0 Å². The van der Waals surface area contributed by atoms with Crippen molar-refractivity contribution in [2.24, 2.45) is 0 Å². The number of hydrogen-bond donors (Lipinski definition) is 1. The van der Waals surface area contributed by atoms with Crippen LogP contribution in [0.5, 0.6) is 0 Å². The summed E-state index contributed by atoms with van der Waals surface area (Å²) in [6, 6.07) is 4.82. The van der Waals surface area contributed by atoms with Crippen LogP contribution in [0.25, 0.3) is 0 Å². The smallest absolute Gasteiger partial charge is 0.207 e. The summed E-state index contributed by atoms with van der Waals surface area (Å²) < 4.78 is 34.3. The summed E-state index contributed by atoms with van der Waals surface area (Å²) in [6.45, 7) is 0.663. The fraction of sp³-hybridized carbons (Fsp3) is 0.333. The van der Waals surface area contributed by atoms with Crippen LogP contribution < -0.4 is 5.32 Å². The highest BCUT2D eigenvalue weighted by molar-refractivity contribution is 7.91. The number of sulfone groups is 1. The van der Waals surface area contributed by atoms with Crippen LogP contribution >= 0.6 is 0 Å². The van der Waals surface area contributed by atoms with Crippen molar-refractivity contribution in [3.63, 3.8) is 0 Å². The lowest BCUT2D eigenvalue weighted by atomic mass is 10.2. The van der Waals surface area contributed by atoms with Gasteiger partial charge in [-0.15, -0.1) is 0 Å². The lowest BCUT2D eigenvalue weighted by Crippen LogP contribution is -2.06. The van der Waals surface area contributed by atoms with Gasteiger partial charge in [0.05, 0.1) is 4.90 Å². The Kier molecular flexibility index (Phi) is 3.60.